The molecule has 24 heavy (non-hydrogen) atoms. The van der Waals surface area contributed by atoms with E-state index in [0.29, 0.717) is 30.8 Å². The zero-order valence-electron chi connectivity index (χ0n) is 13.3. The number of rotatable bonds is 6. The first-order valence-electron chi connectivity index (χ1n) is 7.94. The van der Waals surface area contributed by atoms with Gasteiger partial charge in [0.1, 0.15) is 11.4 Å². The average molecular weight is 347 g/mol. The lowest BCUT2D eigenvalue weighted by Crippen LogP contribution is -2.44. The van der Waals surface area contributed by atoms with Gasteiger partial charge in [0.25, 0.3) is 0 Å². The molecule has 2 aromatic carbocycles. The molecule has 0 saturated carbocycles. The number of aliphatic hydroxyl groups is 1. The van der Waals surface area contributed by atoms with E-state index in [1.165, 1.54) is 0 Å². The van der Waals surface area contributed by atoms with Gasteiger partial charge in [0.2, 0.25) is 10.0 Å². The van der Waals surface area contributed by atoms with E-state index in [1.807, 2.05) is 42.5 Å². The maximum absolute atomic E-state index is 12.2. The van der Waals surface area contributed by atoms with E-state index in [2.05, 4.69) is 4.72 Å². The van der Waals surface area contributed by atoms with Crippen molar-refractivity contribution in [2.24, 2.45) is 0 Å². The Bertz CT molecular complexity index is 792. The average Bonchev–Trinajstić information content (AvgIpc) is 2.60. The minimum absolute atomic E-state index is 0.00869. The molecule has 0 unspecified atom stereocenters. The van der Waals surface area contributed by atoms with E-state index < -0.39 is 15.6 Å². The van der Waals surface area contributed by atoms with Crippen molar-refractivity contribution in [2.75, 3.05) is 18.9 Å². The third kappa shape index (κ3) is 3.95. The Morgan fingerprint density at radius 3 is 2.58 bits per heavy atom. The summed E-state index contributed by atoms with van der Waals surface area (Å²) in [5.74, 6) is 0.598. The van der Waals surface area contributed by atoms with Gasteiger partial charge in [-0.3, -0.25) is 0 Å². The Morgan fingerprint density at radius 1 is 1.08 bits per heavy atom. The lowest BCUT2D eigenvalue weighted by atomic mass is 9.88. The van der Waals surface area contributed by atoms with E-state index in [9.17, 15) is 13.5 Å². The predicted octanol–water partition coefficient (Wildman–Crippen LogP) is 1.82. The van der Waals surface area contributed by atoms with Crippen molar-refractivity contribution >= 4 is 10.0 Å². The van der Waals surface area contributed by atoms with Crippen molar-refractivity contribution in [3.8, 4) is 5.75 Å². The molecule has 0 aromatic heterocycles. The van der Waals surface area contributed by atoms with Gasteiger partial charge in [-0.05, 0) is 18.1 Å². The van der Waals surface area contributed by atoms with Crippen molar-refractivity contribution in [2.45, 2.75) is 18.4 Å². The van der Waals surface area contributed by atoms with Crippen LogP contribution in [0.4, 0.5) is 0 Å². The Balaban J connectivity index is 1.64. The molecular weight excluding hydrogens is 326 g/mol. The normalized spacial score (nSPS) is 20.2. The molecule has 0 saturated heterocycles. The second-order valence-electron chi connectivity index (χ2n) is 6.00. The number of hydrogen-bond acceptors (Lipinski definition) is 4. The van der Waals surface area contributed by atoms with Crippen LogP contribution in [0.2, 0.25) is 0 Å². The summed E-state index contributed by atoms with van der Waals surface area (Å²) in [6.45, 7) is 0.309. The van der Waals surface area contributed by atoms with Gasteiger partial charge in [0.15, 0.2) is 0 Å². The zero-order valence-corrected chi connectivity index (χ0v) is 14.1. The van der Waals surface area contributed by atoms with Gasteiger partial charge < -0.3 is 9.84 Å². The molecule has 3 rings (SSSR count). The molecule has 6 heteroatoms. The van der Waals surface area contributed by atoms with Gasteiger partial charge in [-0.1, -0.05) is 48.5 Å². The van der Waals surface area contributed by atoms with Crippen molar-refractivity contribution in [3.05, 3.63) is 65.7 Å². The number of para-hydroxylation sites is 1. The van der Waals surface area contributed by atoms with Gasteiger partial charge in [-0.25, -0.2) is 13.1 Å². The molecule has 0 spiro atoms. The van der Waals surface area contributed by atoms with Crippen molar-refractivity contribution in [1.29, 1.82) is 0 Å². The molecule has 128 valence electrons. The highest BCUT2D eigenvalue weighted by molar-refractivity contribution is 7.89. The highest BCUT2D eigenvalue weighted by Gasteiger charge is 2.36. The molecular formula is C18H21NO4S. The van der Waals surface area contributed by atoms with Crippen LogP contribution in [-0.2, 0) is 22.0 Å². The topological polar surface area (TPSA) is 75.6 Å². The predicted molar refractivity (Wildman–Crippen MR) is 92.4 cm³/mol. The van der Waals surface area contributed by atoms with Gasteiger partial charge in [-0.2, -0.15) is 0 Å². The Labute approximate surface area is 142 Å². The highest BCUT2D eigenvalue weighted by Crippen LogP contribution is 2.36. The fourth-order valence-corrected chi connectivity index (χ4v) is 3.93. The largest absolute Gasteiger partial charge is 0.493 e. The second-order valence-corrected chi connectivity index (χ2v) is 7.93. The third-order valence-corrected chi connectivity index (χ3v) is 5.57. The molecule has 1 heterocycles. The number of fused-ring (bicyclic) bond motifs is 1. The van der Waals surface area contributed by atoms with E-state index in [0.717, 1.165) is 5.56 Å². The summed E-state index contributed by atoms with van der Waals surface area (Å²) in [6, 6.07) is 16.7. The molecule has 1 aliphatic rings. The molecule has 1 aliphatic heterocycles. The second kappa shape index (κ2) is 6.93. The Hall–Kier alpha value is -1.89. The van der Waals surface area contributed by atoms with Gasteiger partial charge in [-0.15, -0.1) is 0 Å². The Morgan fingerprint density at radius 2 is 1.79 bits per heavy atom. The Kier molecular flexibility index (Phi) is 4.89. The fourth-order valence-electron chi connectivity index (χ4n) is 2.82. The minimum atomic E-state index is -3.47. The van der Waals surface area contributed by atoms with E-state index in [-0.39, 0.29) is 12.3 Å². The molecule has 5 nitrogen and oxygen atoms in total. The molecule has 0 bridgehead atoms. The summed E-state index contributed by atoms with van der Waals surface area (Å²) in [7, 11) is -3.47. The smallest absolute Gasteiger partial charge is 0.212 e. The maximum atomic E-state index is 12.2. The standard InChI is InChI=1S/C18H21NO4S/c20-18(11-12-23-17-9-5-4-8-16(17)18)14-19-24(21,22)13-10-15-6-2-1-3-7-15/h1-9,19-20H,10-14H2/t18-/m0/s1. The quantitative estimate of drug-likeness (QED) is 0.836. The molecule has 2 aromatic rings. The molecule has 0 amide bonds. The van der Waals surface area contributed by atoms with Crippen molar-refractivity contribution in [3.63, 3.8) is 0 Å². The van der Waals surface area contributed by atoms with Crippen LogP contribution in [-0.4, -0.2) is 32.4 Å². The molecule has 0 aliphatic carbocycles. The maximum Gasteiger partial charge on any atom is 0.212 e. The van der Waals surface area contributed by atoms with Gasteiger partial charge >= 0.3 is 0 Å². The van der Waals surface area contributed by atoms with Crippen LogP contribution in [0.25, 0.3) is 0 Å². The van der Waals surface area contributed by atoms with Crippen LogP contribution in [0, 0.1) is 0 Å². The SMILES string of the molecule is O=S(=O)(CCc1ccccc1)NC[C@@]1(O)CCOc2ccccc21. The van der Waals surface area contributed by atoms with E-state index >= 15 is 0 Å². The first-order chi connectivity index (χ1) is 11.5. The van der Waals surface area contributed by atoms with Crippen LogP contribution in [0.5, 0.6) is 5.75 Å². The lowest BCUT2D eigenvalue weighted by Gasteiger charge is -2.34. The molecule has 0 radical (unpaired) electrons. The minimum Gasteiger partial charge on any atom is -0.493 e. The van der Waals surface area contributed by atoms with Crippen LogP contribution >= 0.6 is 0 Å². The number of hydrogen-bond donors (Lipinski definition) is 2. The summed E-state index contributed by atoms with van der Waals surface area (Å²) in [4.78, 5) is 0. The summed E-state index contributed by atoms with van der Waals surface area (Å²) < 4.78 is 32.6. The number of sulfonamides is 1. The van der Waals surface area contributed by atoms with Crippen LogP contribution in [0.1, 0.15) is 17.5 Å². The van der Waals surface area contributed by atoms with E-state index in [4.69, 9.17) is 4.74 Å². The highest BCUT2D eigenvalue weighted by atomic mass is 32.2. The molecule has 2 N–H and O–H groups in total. The van der Waals surface area contributed by atoms with Crippen LogP contribution in [0.15, 0.2) is 54.6 Å². The first kappa shape index (κ1) is 17.0. The van der Waals surface area contributed by atoms with Crippen LogP contribution < -0.4 is 9.46 Å². The summed E-state index contributed by atoms with van der Waals surface area (Å²) in [6.07, 6.45) is 0.791. The summed E-state index contributed by atoms with van der Waals surface area (Å²) in [5, 5.41) is 10.9. The molecule has 0 fully saturated rings. The summed E-state index contributed by atoms with van der Waals surface area (Å²) in [5.41, 5.74) is 0.356. The van der Waals surface area contributed by atoms with Crippen LogP contribution in [0.3, 0.4) is 0 Å². The molecule has 1 atom stereocenters. The number of aryl methyl sites for hydroxylation is 1. The van der Waals surface area contributed by atoms with Gasteiger partial charge in [0, 0.05) is 18.5 Å². The summed E-state index contributed by atoms with van der Waals surface area (Å²) >= 11 is 0. The fraction of sp³-hybridized carbons (Fsp3) is 0.333. The van der Waals surface area contributed by atoms with Gasteiger partial charge in [0.05, 0.1) is 12.4 Å². The van der Waals surface area contributed by atoms with Crippen molar-refractivity contribution < 1.29 is 18.3 Å². The van der Waals surface area contributed by atoms with E-state index in [1.54, 1.807) is 12.1 Å². The number of nitrogens with one attached hydrogen (secondary N) is 1. The number of ether oxygens (including phenoxy) is 1. The lowest BCUT2D eigenvalue weighted by molar-refractivity contribution is 0.00220. The zero-order chi connectivity index (χ0) is 17.0. The third-order valence-electron chi connectivity index (χ3n) is 4.25. The van der Waals surface area contributed by atoms with Crippen molar-refractivity contribution in [1.82, 2.24) is 4.72 Å². The number of benzene rings is 2. The first-order valence-corrected chi connectivity index (χ1v) is 9.60. The monoisotopic (exact) mass is 347 g/mol.